The number of carboxylic acids is 1. The fourth-order valence-corrected chi connectivity index (χ4v) is 4.91. The van der Waals surface area contributed by atoms with Crippen molar-refractivity contribution in [1.82, 2.24) is 9.97 Å². The summed E-state index contributed by atoms with van der Waals surface area (Å²) in [7, 11) is -4.03. The molecule has 0 aliphatic heterocycles. The van der Waals surface area contributed by atoms with Gasteiger partial charge in [-0.15, -0.1) is 0 Å². The lowest BCUT2D eigenvalue weighted by atomic mass is 9.99. The number of fused-ring (bicyclic) bond motifs is 3. The Kier molecular flexibility index (Phi) is 10.8. The van der Waals surface area contributed by atoms with Gasteiger partial charge in [0.2, 0.25) is 5.88 Å². The highest BCUT2D eigenvalue weighted by Gasteiger charge is 2.13. The Hall–Kier alpha value is -3.60. The molecule has 2 heterocycles. The van der Waals surface area contributed by atoms with Crippen molar-refractivity contribution in [2.75, 3.05) is 39.2 Å². The number of carboxylic acid groups (broad SMARTS) is 1. The molecule has 0 atom stereocenters. The van der Waals surface area contributed by atoms with Crippen molar-refractivity contribution in [3.8, 4) is 11.6 Å². The van der Waals surface area contributed by atoms with Crippen LogP contribution in [-0.2, 0) is 38.1 Å². The summed E-state index contributed by atoms with van der Waals surface area (Å²) in [6.45, 7) is 3.31. The molecule has 4 aromatic rings. The van der Waals surface area contributed by atoms with Gasteiger partial charge in [-0.1, -0.05) is 18.2 Å². The first-order valence-corrected chi connectivity index (χ1v) is 15.4. The molecule has 12 heteroatoms. The van der Waals surface area contributed by atoms with E-state index >= 15 is 0 Å². The minimum Gasteiger partial charge on any atom is -0.492 e. The number of aromatic hydroxyl groups is 1. The molecular formula is C30H35N2O9P. The van der Waals surface area contributed by atoms with Crippen molar-refractivity contribution >= 4 is 35.4 Å². The second kappa shape index (κ2) is 14.5. The van der Waals surface area contributed by atoms with Crippen molar-refractivity contribution in [2.24, 2.45) is 0 Å². The summed E-state index contributed by atoms with van der Waals surface area (Å²) < 4.78 is 27.1. The Balaban J connectivity index is 1.30. The van der Waals surface area contributed by atoms with E-state index < -0.39 is 13.6 Å². The quantitative estimate of drug-likeness (QED) is 0.0829. The molecule has 0 aliphatic rings. The summed E-state index contributed by atoms with van der Waals surface area (Å²) in [5.41, 5.74) is 5.17. The first kappa shape index (κ1) is 31.3. The van der Waals surface area contributed by atoms with E-state index in [1.54, 1.807) is 6.20 Å². The van der Waals surface area contributed by atoms with Crippen molar-refractivity contribution < 1.29 is 43.6 Å². The van der Waals surface area contributed by atoms with Gasteiger partial charge in [0.1, 0.15) is 17.9 Å². The highest BCUT2D eigenvalue weighted by molar-refractivity contribution is 7.51. The van der Waals surface area contributed by atoms with Crippen LogP contribution < -0.4 is 4.74 Å². The van der Waals surface area contributed by atoms with Crippen molar-refractivity contribution in [2.45, 2.75) is 32.6 Å². The number of carbonyl (C=O) groups is 1. The summed E-state index contributed by atoms with van der Waals surface area (Å²) in [4.78, 5) is 37.3. The fraction of sp³-hybridized carbons (Fsp3) is 0.367. The van der Waals surface area contributed by atoms with E-state index in [1.807, 2.05) is 49.4 Å². The second-order valence-electron chi connectivity index (χ2n) is 9.97. The molecule has 0 bridgehead atoms. The highest BCUT2D eigenvalue weighted by atomic mass is 31.2. The Bertz CT molecular complexity index is 1590. The molecule has 0 saturated heterocycles. The number of rotatable bonds is 16. The molecule has 11 nitrogen and oxygen atoms in total. The van der Waals surface area contributed by atoms with Crippen LogP contribution in [0.25, 0.3) is 21.8 Å². The lowest BCUT2D eigenvalue weighted by Crippen LogP contribution is -2.12. The van der Waals surface area contributed by atoms with Crippen LogP contribution in [0.2, 0.25) is 0 Å². The molecular weight excluding hydrogens is 563 g/mol. The third-order valence-electron chi connectivity index (χ3n) is 6.75. The van der Waals surface area contributed by atoms with Crippen LogP contribution in [0.4, 0.5) is 0 Å². The molecule has 42 heavy (non-hydrogen) atoms. The average molecular weight is 599 g/mol. The lowest BCUT2D eigenvalue weighted by molar-refractivity contribution is -0.136. The van der Waals surface area contributed by atoms with E-state index in [0.717, 1.165) is 46.1 Å². The summed E-state index contributed by atoms with van der Waals surface area (Å²) in [6.07, 6.45) is 3.41. The van der Waals surface area contributed by atoms with Crippen LogP contribution in [-0.4, -0.2) is 75.1 Å². The Labute approximate surface area is 243 Å². The first-order chi connectivity index (χ1) is 20.1. The van der Waals surface area contributed by atoms with Gasteiger partial charge in [-0.25, -0.2) is 4.98 Å². The highest BCUT2D eigenvalue weighted by Crippen LogP contribution is 2.33. The number of aryl methyl sites for hydroxylation is 4. The zero-order valence-electron chi connectivity index (χ0n) is 23.4. The molecule has 4 N–H and O–H groups in total. The molecule has 0 aliphatic carbocycles. The molecule has 0 spiro atoms. The van der Waals surface area contributed by atoms with E-state index in [2.05, 4.69) is 9.97 Å². The molecule has 0 amide bonds. The number of ether oxygens (including phenoxy) is 3. The van der Waals surface area contributed by atoms with Crippen LogP contribution in [0.5, 0.6) is 11.6 Å². The van der Waals surface area contributed by atoms with Crippen LogP contribution in [0.15, 0.2) is 48.7 Å². The standard InChI is InChI=1S/C30H35N2O9P/c1-20-16-24(41-13-12-39-10-11-40-14-15-42(36,37)38)7-6-23(20)5-2-22-17-26-25-8-3-21(4-9-28(33)34)18-27(25)32-30(35)29(26)31-19-22/h3,6-8,16-19H,2,4-5,9-15H2,1H3,(H,32,35)(H,33,34)(H2,36,37,38). The second-order valence-corrected chi connectivity index (χ2v) is 11.7. The van der Waals surface area contributed by atoms with E-state index in [1.165, 1.54) is 5.56 Å². The predicted molar refractivity (Wildman–Crippen MR) is 157 cm³/mol. The number of benzene rings is 2. The maximum atomic E-state index is 10.9. The monoisotopic (exact) mass is 598 g/mol. The Morgan fingerprint density at radius 1 is 0.881 bits per heavy atom. The summed E-state index contributed by atoms with van der Waals surface area (Å²) in [5.74, 6) is -0.272. The van der Waals surface area contributed by atoms with Crippen molar-refractivity contribution in [3.63, 3.8) is 0 Å². The van der Waals surface area contributed by atoms with Gasteiger partial charge in [0.25, 0.3) is 0 Å². The molecule has 0 saturated carbocycles. The zero-order chi connectivity index (χ0) is 30.1. The van der Waals surface area contributed by atoms with Crippen molar-refractivity contribution in [3.05, 3.63) is 70.9 Å². The minimum atomic E-state index is -4.03. The van der Waals surface area contributed by atoms with Crippen LogP contribution >= 0.6 is 7.60 Å². The largest absolute Gasteiger partial charge is 0.492 e. The average Bonchev–Trinajstić information content (AvgIpc) is 2.94. The Morgan fingerprint density at radius 3 is 2.38 bits per heavy atom. The van der Waals surface area contributed by atoms with Gasteiger partial charge in [0.15, 0.2) is 0 Å². The molecule has 4 rings (SSSR count). The van der Waals surface area contributed by atoms with Crippen LogP contribution in [0.1, 0.15) is 28.7 Å². The maximum Gasteiger partial charge on any atom is 0.327 e. The van der Waals surface area contributed by atoms with Gasteiger partial charge in [-0.2, -0.15) is 0 Å². The fourth-order valence-electron chi connectivity index (χ4n) is 4.54. The van der Waals surface area contributed by atoms with Gasteiger partial charge in [0.05, 0.1) is 38.1 Å². The number of hydrogen-bond donors (Lipinski definition) is 4. The van der Waals surface area contributed by atoms with E-state index in [9.17, 15) is 14.5 Å². The van der Waals surface area contributed by atoms with E-state index in [4.69, 9.17) is 29.1 Å². The number of aromatic nitrogens is 2. The number of nitrogens with zero attached hydrogens (tertiary/aromatic N) is 2. The number of hydrogen-bond acceptors (Lipinski definition) is 8. The summed E-state index contributed by atoms with van der Waals surface area (Å²) in [6, 6.07) is 13.6. The zero-order valence-corrected chi connectivity index (χ0v) is 24.3. The SMILES string of the molecule is Cc1cc(OCCOCCOCCP(=O)(O)O)ccc1CCc1cnc2c(O)nc3cc(CCC(=O)O)ccc3c2c1. The molecule has 0 unspecified atom stereocenters. The summed E-state index contributed by atoms with van der Waals surface area (Å²) >= 11 is 0. The summed E-state index contributed by atoms with van der Waals surface area (Å²) in [5, 5.41) is 21.1. The molecule has 0 fully saturated rings. The Morgan fingerprint density at radius 2 is 1.64 bits per heavy atom. The van der Waals surface area contributed by atoms with Gasteiger partial charge in [-0.05, 0) is 72.7 Å². The van der Waals surface area contributed by atoms with Crippen LogP contribution in [0, 0.1) is 6.92 Å². The molecule has 2 aromatic heterocycles. The number of pyridine rings is 2. The topological polar surface area (TPSA) is 169 Å². The molecule has 224 valence electrons. The normalized spacial score (nSPS) is 11.8. The number of aliphatic carboxylic acids is 1. The lowest BCUT2D eigenvalue weighted by Gasteiger charge is -2.12. The van der Waals surface area contributed by atoms with E-state index in [-0.39, 0.29) is 31.7 Å². The molecule has 0 radical (unpaired) electrons. The first-order valence-electron chi connectivity index (χ1n) is 13.6. The van der Waals surface area contributed by atoms with Gasteiger partial charge in [-0.3, -0.25) is 14.3 Å². The smallest absolute Gasteiger partial charge is 0.327 e. The molecule has 2 aromatic carbocycles. The minimum absolute atomic E-state index is 0.0105. The van der Waals surface area contributed by atoms with Gasteiger partial charge >= 0.3 is 13.6 Å². The van der Waals surface area contributed by atoms with Gasteiger partial charge < -0.3 is 34.2 Å². The van der Waals surface area contributed by atoms with Gasteiger partial charge in [0, 0.05) is 23.4 Å². The third kappa shape index (κ3) is 9.20. The van der Waals surface area contributed by atoms with Crippen molar-refractivity contribution in [1.29, 1.82) is 0 Å². The predicted octanol–water partition coefficient (Wildman–Crippen LogP) is 4.19. The maximum absolute atomic E-state index is 10.9. The third-order valence-corrected chi connectivity index (χ3v) is 7.52. The van der Waals surface area contributed by atoms with Crippen LogP contribution in [0.3, 0.4) is 0 Å². The van der Waals surface area contributed by atoms with E-state index in [0.29, 0.717) is 37.3 Å².